The van der Waals surface area contributed by atoms with Crippen molar-refractivity contribution in [1.29, 1.82) is 0 Å². The molecule has 0 aliphatic rings. The average molecular weight is 307 g/mol. The lowest BCUT2D eigenvalue weighted by atomic mass is 10.0. The number of hydrogen-bond donors (Lipinski definition) is 4. The van der Waals surface area contributed by atoms with Gasteiger partial charge >= 0.3 is 13.7 Å². The third-order valence-corrected chi connectivity index (χ3v) is 3.21. The summed E-state index contributed by atoms with van der Waals surface area (Å²) >= 11 is 0. The first kappa shape index (κ1) is 15.1. The summed E-state index contributed by atoms with van der Waals surface area (Å²) in [4.78, 5) is 19.6. The van der Waals surface area contributed by atoms with E-state index in [4.69, 9.17) is 9.79 Å². The van der Waals surface area contributed by atoms with Crippen LogP contribution in [0.4, 0.5) is 8.78 Å². The molecular formula is C11H12F2NO5P. The fourth-order valence-corrected chi connectivity index (χ4v) is 2.14. The summed E-state index contributed by atoms with van der Waals surface area (Å²) in [6.07, 6.45) is -1.02. The van der Waals surface area contributed by atoms with Crippen molar-refractivity contribution in [2.75, 3.05) is 6.61 Å². The van der Waals surface area contributed by atoms with Crippen molar-refractivity contribution >= 4 is 18.7 Å². The Bertz CT molecular complexity index is 653. The van der Waals surface area contributed by atoms with Crippen molar-refractivity contribution in [3.05, 3.63) is 36.0 Å². The van der Waals surface area contributed by atoms with Gasteiger partial charge in [0.05, 0.1) is 0 Å². The maximum absolute atomic E-state index is 13.7. The molecule has 1 aromatic carbocycles. The van der Waals surface area contributed by atoms with E-state index >= 15 is 0 Å². The number of rotatable bonds is 5. The number of aliphatic hydroxyl groups is 1. The molecule has 1 aromatic heterocycles. The smallest absolute Gasteiger partial charge is 0.382 e. The van der Waals surface area contributed by atoms with Gasteiger partial charge in [0, 0.05) is 22.7 Å². The number of aromatic nitrogens is 1. The van der Waals surface area contributed by atoms with Crippen LogP contribution in [0, 0.1) is 0 Å². The highest BCUT2D eigenvalue weighted by Crippen LogP contribution is 2.41. The van der Waals surface area contributed by atoms with Gasteiger partial charge in [-0.05, 0) is 6.07 Å². The molecule has 1 atom stereocenters. The molecule has 2 aromatic rings. The van der Waals surface area contributed by atoms with Gasteiger partial charge in [-0.2, -0.15) is 0 Å². The van der Waals surface area contributed by atoms with E-state index < -0.39 is 26.5 Å². The number of halogens is 2. The standard InChI is InChI=1S/C11H12F2NO5P/c12-11(13,6-19-20(16,17)18)10(15)8-5-14-9-4-2-1-3-7(8)9/h1-5,10,14-15H,6H2,(H2,16,17,18). The Morgan fingerprint density at radius 1 is 1.35 bits per heavy atom. The van der Waals surface area contributed by atoms with Gasteiger partial charge in [0.1, 0.15) is 12.7 Å². The maximum Gasteiger partial charge on any atom is 0.469 e. The minimum atomic E-state index is -5.03. The topological polar surface area (TPSA) is 103 Å². The Balaban J connectivity index is 2.25. The van der Waals surface area contributed by atoms with E-state index in [0.29, 0.717) is 10.9 Å². The third kappa shape index (κ3) is 3.23. The predicted octanol–water partition coefficient (Wildman–Crippen LogP) is 1.95. The number of fused-ring (bicyclic) bond motifs is 1. The number of H-pyrrole nitrogens is 1. The normalized spacial score (nSPS) is 14.7. The number of hydrogen-bond acceptors (Lipinski definition) is 3. The highest BCUT2D eigenvalue weighted by Gasteiger charge is 2.42. The van der Waals surface area contributed by atoms with Crippen LogP contribution in [0.15, 0.2) is 30.5 Å². The molecule has 0 saturated carbocycles. The summed E-state index contributed by atoms with van der Waals surface area (Å²) in [6, 6.07) is 6.51. The lowest BCUT2D eigenvalue weighted by Crippen LogP contribution is -2.31. The molecular weight excluding hydrogens is 295 g/mol. The average Bonchev–Trinajstić information content (AvgIpc) is 2.78. The number of aliphatic hydroxyl groups excluding tert-OH is 1. The van der Waals surface area contributed by atoms with E-state index in [0.717, 1.165) is 0 Å². The summed E-state index contributed by atoms with van der Waals surface area (Å²) in [5.41, 5.74) is 0.494. The zero-order chi connectivity index (χ0) is 15.0. The number of phosphoric ester groups is 1. The largest absolute Gasteiger partial charge is 0.469 e. The number of nitrogens with one attached hydrogen (secondary N) is 1. The molecule has 0 spiro atoms. The van der Waals surface area contributed by atoms with Crippen LogP contribution in [-0.2, 0) is 9.09 Å². The van der Waals surface area contributed by atoms with Gasteiger partial charge < -0.3 is 19.9 Å². The van der Waals surface area contributed by atoms with E-state index in [-0.39, 0.29) is 5.56 Å². The minimum absolute atomic E-state index is 0.0695. The predicted molar refractivity (Wildman–Crippen MR) is 66.2 cm³/mol. The van der Waals surface area contributed by atoms with Crippen LogP contribution in [0.1, 0.15) is 11.7 Å². The van der Waals surface area contributed by atoms with Crippen molar-refractivity contribution in [2.45, 2.75) is 12.0 Å². The Morgan fingerprint density at radius 3 is 2.65 bits per heavy atom. The quantitative estimate of drug-likeness (QED) is 0.632. The van der Waals surface area contributed by atoms with Crippen LogP contribution < -0.4 is 0 Å². The molecule has 1 heterocycles. The summed E-state index contributed by atoms with van der Waals surface area (Å²) in [6.45, 7) is -1.59. The van der Waals surface area contributed by atoms with E-state index in [1.807, 2.05) is 0 Å². The zero-order valence-corrected chi connectivity index (χ0v) is 10.9. The van der Waals surface area contributed by atoms with Crippen LogP contribution in [0.2, 0.25) is 0 Å². The van der Waals surface area contributed by atoms with Gasteiger partial charge in [-0.1, -0.05) is 18.2 Å². The summed E-state index contributed by atoms with van der Waals surface area (Å²) in [7, 11) is -5.03. The van der Waals surface area contributed by atoms with Gasteiger partial charge in [0.15, 0.2) is 0 Å². The van der Waals surface area contributed by atoms with Crippen LogP contribution in [0.25, 0.3) is 10.9 Å². The summed E-state index contributed by atoms with van der Waals surface area (Å²) in [5.74, 6) is -3.84. The zero-order valence-electron chi connectivity index (χ0n) is 10.0. The highest BCUT2D eigenvalue weighted by molar-refractivity contribution is 7.46. The summed E-state index contributed by atoms with van der Waals surface area (Å²) in [5, 5.41) is 10.1. The fourth-order valence-electron chi connectivity index (χ4n) is 1.80. The third-order valence-electron chi connectivity index (χ3n) is 2.74. The van der Waals surface area contributed by atoms with Gasteiger partial charge in [-0.25, -0.2) is 13.3 Å². The molecule has 0 saturated heterocycles. The van der Waals surface area contributed by atoms with Crippen molar-refractivity contribution in [3.63, 3.8) is 0 Å². The van der Waals surface area contributed by atoms with Gasteiger partial charge in [0.2, 0.25) is 0 Å². The molecule has 2 rings (SSSR count). The molecule has 1 unspecified atom stereocenters. The number of aromatic amines is 1. The second-order valence-electron chi connectivity index (χ2n) is 4.22. The van der Waals surface area contributed by atoms with E-state index in [1.165, 1.54) is 6.20 Å². The van der Waals surface area contributed by atoms with Gasteiger partial charge in [-0.3, -0.25) is 4.52 Å². The van der Waals surface area contributed by atoms with Gasteiger partial charge in [-0.15, -0.1) is 0 Å². The molecule has 0 amide bonds. The fraction of sp³-hybridized carbons (Fsp3) is 0.273. The van der Waals surface area contributed by atoms with Crippen molar-refractivity contribution < 1.29 is 32.8 Å². The van der Waals surface area contributed by atoms with Crippen molar-refractivity contribution in [3.8, 4) is 0 Å². The first-order chi connectivity index (χ1) is 9.21. The number of alkyl halides is 2. The lowest BCUT2D eigenvalue weighted by molar-refractivity contribution is -0.135. The second-order valence-corrected chi connectivity index (χ2v) is 5.46. The van der Waals surface area contributed by atoms with Crippen LogP contribution in [0.3, 0.4) is 0 Å². The molecule has 4 N–H and O–H groups in total. The van der Waals surface area contributed by atoms with Crippen LogP contribution >= 0.6 is 7.82 Å². The number of benzene rings is 1. The van der Waals surface area contributed by atoms with Crippen LogP contribution in [0.5, 0.6) is 0 Å². The SMILES string of the molecule is O=P(O)(O)OCC(F)(F)C(O)c1c[nH]c2ccccc12. The molecule has 110 valence electrons. The first-order valence-corrected chi connectivity index (χ1v) is 7.06. The lowest BCUT2D eigenvalue weighted by Gasteiger charge is -2.22. The molecule has 0 aliphatic heterocycles. The number of para-hydroxylation sites is 1. The highest BCUT2D eigenvalue weighted by atomic mass is 31.2. The molecule has 0 fully saturated rings. The maximum atomic E-state index is 13.7. The molecule has 0 aliphatic carbocycles. The Kier molecular flexibility index (Phi) is 3.95. The Labute approximate surface area is 112 Å². The molecule has 0 bridgehead atoms. The number of phosphoric acid groups is 1. The molecule has 0 radical (unpaired) electrons. The Morgan fingerprint density at radius 2 is 2.00 bits per heavy atom. The summed E-state index contributed by atoms with van der Waals surface area (Å²) < 4.78 is 41.6. The molecule has 9 heteroatoms. The van der Waals surface area contributed by atoms with Crippen LogP contribution in [-0.4, -0.2) is 32.4 Å². The molecule has 20 heavy (non-hydrogen) atoms. The first-order valence-electron chi connectivity index (χ1n) is 5.53. The van der Waals surface area contributed by atoms with E-state index in [2.05, 4.69) is 9.51 Å². The molecule has 6 nitrogen and oxygen atoms in total. The second kappa shape index (κ2) is 5.23. The minimum Gasteiger partial charge on any atom is -0.382 e. The van der Waals surface area contributed by atoms with Crippen molar-refractivity contribution in [1.82, 2.24) is 4.98 Å². The van der Waals surface area contributed by atoms with Gasteiger partial charge in [0.25, 0.3) is 0 Å². The van der Waals surface area contributed by atoms with E-state index in [1.54, 1.807) is 24.3 Å². The van der Waals surface area contributed by atoms with E-state index in [9.17, 15) is 18.5 Å². The monoisotopic (exact) mass is 307 g/mol. The Hall–Kier alpha value is -1.31. The van der Waals surface area contributed by atoms with Crippen molar-refractivity contribution in [2.24, 2.45) is 0 Å².